The van der Waals surface area contributed by atoms with Crippen molar-refractivity contribution in [3.8, 4) is 0 Å². The van der Waals surface area contributed by atoms with Gasteiger partial charge >= 0.3 is 30.1 Å². The fourth-order valence-corrected chi connectivity index (χ4v) is 4.28. The normalized spacial score (nSPS) is 16.6. The summed E-state index contributed by atoms with van der Waals surface area (Å²) in [6.45, 7) is 0.216. The molecule has 0 saturated carbocycles. The van der Waals surface area contributed by atoms with Crippen molar-refractivity contribution in [1.29, 1.82) is 0 Å². The summed E-state index contributed by atoms with van der Waals surface area (Å²) in [5.74, 6) is -7.00. The zero-order valence-electron chi connectivity index (χ0n) is 19.8. The number of carboxylic acid groups (broad SMARTS) is 4. The van der Waals surface area contributed by atoms with Gasteiger partial charge in [-0.05, 0) is 43.6 Å². The van der Waals surface area contributed by atoms with Crippen molar-refractivity contribution in [2.45, 2.75) is 69.2 Å². The van der Waals surface area contributed by atoms with Crippen molar-refractivity contribution in [3.05, 3.63) is 22.4 Å². The van der Waals surface area contributed by atoms with E-state index in [0.717, 1.165) is 0 Å². The lowest BCUT2D eigenvalue weighted by Crippen LogP contribution is -2.54. The molecule has 0 spiro atoms. The number of nitrogens with zero attached hydrogens (tertiary/aromatic N) is 1. The third kappa shape index (κ3) is 10.8. The number of halogens is 3. The Bertz CT molecular complexity index is 1000. The zero-order chi connectivity index (χ0) is 29.0. The van der Waals surface area contributed by atoms with Gasteiger partial charge in [-0.15, -0.1) is 11.3 Å². The predicted octanol–water partition coefficient (Wildman–Crippen LogP) is 2.09. The van der Waals surface area contributed by atoms with E-state index in [1.807, 2.05) is 0 Å². The second-order valence-electron chi connectivity index (χ2n) is 8.17. The van der Waals surface area contributed by atoms with E-state index in [0.29, 0.717) is 17.7 Å². The number of aliphatic carboxylic acids is 4. The standard InChI is InChI=1S/C20H26N2O8S.C2HF3O2/c23-15(16-7-3-11-31-16)6-1-4-13(19(27)28)21-12(8-9-17(24)25)18(26)22-10-2-5-14(22)20(29)30;3-2(4,5)1(6)7/h3,7,11-14,21H,1-2,4-6,8-10H2,(H,24,25)(H,27,28)(H,29,30);(H,6,7)/t12-,13?,14-;/m0./s1. The Morgan fingerprint density at radius 2 is 1.66 bits per heavy atom. The molecule has 2 heterocycles. The van der Waals surface area contributed by atoms with Crippen LogP contribution in [0.5, 0.6) is 0 Å². The van der Waals surface area contributed by atoms with Gasteiger partial charge in [-0.25, -0.2) is 9.59 Å². The number of carbonyl (C=O) groups excluding carboxylic acids is 2. The van der Waals surface area contributed by atoms with Crippen LogP contribution in [0.2, 0.25) is 0 Å². The van der Waals surface area contributed by atoms with E-state index in [4.69, 9.17) is 15.0 Å². The second-order valence-corrected chi connectivity index (χ2v) is 9.11. The average molecular weight is 569 g/mol. The molecule has 0 bridgehead atoms. The molecule has 5 N–H and O–H groups in total. The van der Waals surface area contributed by atoms with Crippen LogP contribution in [0.3, 0.4) is 0 Å². The monoisotopic (exact) mass is 568 g/mol. The van der Waals surface area contributed by atoms with Crippen molar-refractivity contribution >= 4 is 46.9 Å². The molecule has 1 aromatic heterocycles. The Hall–Kier alpha value is -3.53. The number of likely N-dealkylation sites (tertiary alicyclic amines) is 1. The molecule has 1 saturated heterocycles. The molecule has 12 nitrogen and oxygen atoms in total. The maximum absolute atomic E-state index is 12.9. The Labute approximate surface area is 218 Å². The van der Waals surface area contributed by atoms with E-state index in [2.05, 4.69) is 5.32 Å². The minimum Gasteiger partial charge on any atom is -0.481 e. The van der Waals surface area contributed by atoms with E-state index in [-0.39, 0.29) is 44.4 Å². The summed E-state index contributed by atoms with van der Waals surface area (Å²) in [5, 5.41) is 39.5. The van der Waals surface area contributed by atoms with Crippen LogP contribution in [-0.4, -0.2) is 91.7 Å². The van der Waals surface area contributed by atoms with Crippen LogP contribution in [0.1, 0.15) is 54.6 Å². The topological polar surface area (TPSA) is 199 Å². The fraction of sp³-hybridized carbons (Fsp3) is 0.545. The first-order chi connectivity index (χ1) is 17.6. The summed E-state index contributed by atoms with van der Waals surface area (Å²) in [4.78, 5) is 69.8. The van der Waals surface area contributed by atoms with E-state index in [9.17, 15) is 47.4 Å². The number of amides is 1. The number of thiophene rings is 1. The maximum atomic E-state index is 12.9. The Morgan fingerprint density at radius 3 is 2.13 bits per heavy atom. The van der Waals surface area contributed by atoms with Crippen LogP contribution in [0.15, 0.2) is 17.5 Å². The molecule has 38 heavy (non-hydrogen) atoms. The number of hydrogen-bond donors (Lipinski definition) is 5. The van der Waals surface area contributed by atoms with Crippen molar-refractivity contribution < 1.29 is 62.4 Å². The molecular formula is C22H27F3N2O10S. The molecule has 1 unspecified atom stereocenters. The molecule has 16 heteroatoms. The van der Waals surface area contributed by atoms with E-state index < -0.39 is 54.1 Å². The molecule has 1 amide bonds. The first-order valence-corrected chi connectivity index (χ1v) is 12.1. The third-order valence-corrected chi connectivity index (χ3v) is 6.31. The van der Waals surface area contributed by atoms with Crippen molar-refractivity contribution in [1.82, 2.24) is 10.2 Å². The summed E-state index contributed by atoms with van der Waals surface area (Å²) < 4.78 is 31.7. The summed E-state index contributed by atoms with van der Waals surface area (Å²) in [6.07, 6.45) is -4.37. The van der Waals surface area contributed by atoms with Crippen LogP contribution < -0.4 is 5.32 Å². The number of carbonyl (C=O) groups is 6. The molecule has 0 aromatic carbocycles. The Kier molecular flexibility index (Phi) is 12.8. The Morgan fingerprint density at radius 1 is 1.03 bits per heavy atom. The smallest absolute Gasteiger partial charge is 0.481 e. The minimum atomic E-state index is -5.08. The summed E-state index contributed by atoms with van der Waals surface area (Å²) >= 11 is 1.30. The molecule has 1 aliphatic heterocycles. The SMILES string of the molecule is O=C(O)C(F)(F)F.O=C(O)CC[C@H](NC(CCCC(=O)c1cccs1)C(=O)O)C(=O)N1CCC[C@H]1C(=O)O. The van der Waals surface area contributed by atoms with E-state index in [1.54, 1.807) is 17.5 Å². The van der Waals surface area contributed by atoms with Crippen molar-refractivity contribution in [2.24, 2.45) is 0 Å². The van der Waals surface area contributed by atoms with Gasteiger partial charge in [-0.2, -0.15) is 13.2 Å². The predicted molar refractivity (Wildman–Crippen MR) is 124 cm³/mol. The average Bonchev–Trinajstić information content (AvgIpc) is 3.52. The van der Waals surface area contributed by atoms with Crippen LogP contribution >= 0.6 is 11.3 Å². The van der Waals surface area contributed by atoms with Crippen molar-refractivity contribution in [2.75, 3.05) is 6.54 Å². The first-order valence-electron chi connectivity index (χ1n) is 11.3. The second kappa shape index (κ2) is 15.0. The molecule has 2 rings (SSSR count). The van der Waals surface area contributed by atoms with Gasteiger partial charge in [0.05, 0.1) is 10.9 Å². The first kappa shape index (κ1) is 32.5. The number of nitrogens with one attached hydrogen (secondary N) is 1. The van der Waals surface area contributed by atoms with Crippen molar-refractivity contribution in [3.63, 3.8) is 0 Å². The number of Topliss-reactive ketones (excluding diaryl/α,β-unsaturated/α-hetero) is 1. The summed E-state index contributed by atoms with van der Waals surface area (Å²) in [7, 11) is 0. The summed E-state index contributed by atoms with van der Waals surface area (Å²) in [5.41, 5.74) is 0. The van der Waals surface area contributed by atoms with Gasteiger partial charge in [0.2, 0.25) is 5.91 Å². The lowest BCUT2D eigenvalue weighted by atomic mass is 10.0. The highest BCUT2D eigenvalue weighted by Crippen LogP contribution is 2.20. The molecule has 0 aliphatic carbocycles. The Balaban J connectivity index is 0.000000905. The van der Waals surface area contributed by atoms with Gasteiger partial charge in [0.25, 0.3) is 0 Å². The largest absolute Gasteiger partial charge is 0.490 e. The number of ketones is 1. The van der Waals surface area contributed by atoms with E-state index >= 15 is 0 Å². The number of rotatable bonds is 13. The molecule has 212 valence electrons. The summed E-state index contributed by atoms with van der Waals surface area (Å²) in [6, 6.07) is 0.110. The van der Waals surface area contributed by atoms with Gasteiger partial charge in [0, 0.05) is 19.4 Å². The number of hydrogen-bond acceptors (Lipinski definition) is 8. The molecule has 3 atom stereocenters. The lowest BCUT2D eigenvalue weighted by Gasteiger charge is -2.29. The highest BCUT2D eigenvalue weighted by molar-refractivity contribution is 7.12. The minimum absolute atomic E-state index is 0.0612. The molecule has 1 aromatic rings. The van der Waals surface area contributed by atoms with Crippen LogP contribution in [0.4, 0.5) is 13.2 Å². The number of alkyl halides is 3. The third-order valence-electron chi connectivity index (χ3n) is 5.40. The van der Waals surface area contributed by atoms with E-state index in [1.165, 1.54) is 16.2 Å². The highest BCUT2D eigenvalue weighted by Gasteiger charge is 2.39. The van der Waals surface area contributed by atoms with Crippen LogP contribution in [-0.2, 0) is 24.0 Å². The quantitative estimate of drug-likeness (QED) is 0.218. The number of carboxylic acids is 4. The lowest BCUT2D eigenvalue weighted by molar-refractivity contribution is -0.192. The maximum Gasteiger partial charge on any atom is 0.490 e. The molecule has 1 fully saturated rings. The zero-order valence-corrected chi connectivity index (χ0v) is 20.7. The van der Waals surface area contributed by atoms with Gasteiger partial charge in [0.15, 0.2) is 5.78 Å². The van der Waals surface area contributed by atoms with Gasteiger partial charge < -0.3 is 25.3 Å². The molecule has 1 aliphatic rings. The van der Waals surface area contributed by atoms with Crippen LogP contribution in [0, 0.1) is 0 Å². The van der Waals surface area contributed by atoms with Gasteiger partial charge in [0.1, 0.15) is 12.1 Å². The fourth-order valence-electron chi connectivity index (χ4n) is 3.58. The van der Waals surface area contributed by atoms with Crippen LogP contribution in [0.25, 0.3) is 0 Å². The molecular weight excluding hydrogens is 541 g/mol. The van der Waals surface area contributed by atoms with Gasteiger partial charge in [-0.3, -0.25) is 24.5 Å². The van der Waals surface area contributed by atoms with Gasteiger partial charge in [-0.1, -0.05) is 6.07 Å². The molecule has 0 radical (unpaired) electrons. The highest BCUT2D eigenvalue weighted by atomic mass is 32.1.